The Hall–Kier alpha value is -2.69. The number of hydrazine groups is 1. The largest absolute Gasteiger partial charge is 0.507 e. The summed E-state index contributed by atoms with van der Waals surface area (Å²) in [6.45, 7) is 0. The molecule has 0 unspecified atom stereocenters. The molecule has 0 aromatic heterocycles. The lowest BCUT2D eigenvalue weighted by molar-refractivity contribution is 0.0941. The van der Waals surface area contributed by atoms with E-state index in [2.05, 4.69) is 16.2 Å². The van der Waals surface area contributed by atoms with Crippen LogP contribution < -0.4 is 21.3 Å². The summed E-state index contributed by atoms with van der Waals surface area (Å²) < 4.78 is 22.3. The first-order valence-corrected chi connectivity index (χ1v) is 8.51. The minimum Gasteiger partial charge on any atom is -0.507 e. The lowest BCUT2D eigenvalue weighted by atomic mass is 10.2. The maximum absolute atomic E-state index is 11.9. The van der Waals surface area contributed by atoms with Crippen molar-refractivity contribution >= 4 is 38.9 Å². The first-order valence-electron chi connectivity index (χ1n) is 6.55. The maximum Gasteiger partial charge on any atom is 0.273 e. The number of rotatable bonds is 3. The van der Waals surface area contributed by atoms with Gasteiger partial charge in [-0.1, -0.05) is 12.1 Å². The number of nitrogens with two attached hydrogens (primary N) is 1. The zero-order chi connectivity index (χ0) is 17.7. The van der Waals surface area contributed by atoms with Crippen LogP contribution in [0.5, 0.6) is 5.75 Å². The van der Waals surface area contributed by atoms with Crippen molar-refractivity contribution in [3.05, 3.63) is 54.1 Å². The minimum absolute atomic E-state index is 0.0280. The SMILES string of the molecule is NS(=O)(=O)c1ccc(NC(=S)NNC(=O)c2ccccc2O)cc1. The summed E-state index contributed by atoms with van der Waals surface area (Å²) >= 11 is 5.00. The number of aromatic hydroxyl groups is 1. The van der Waals surface area contributed by atoms with Crippen molar-refractivity contribution in [2.24, 2.45) is 5.14 Å². The van der Waals surface area contributed by atoms with E-state index in [9.17, 15) is 18.3 Å². The van der Waals surface area contributed by atoms with E-state index in [0.29, 0.717) is 5.69 Å². The van der Waals surface area contributed by atoms with Crippen molar-refractivity contribution in [3.8, 4) is 5.75 Å². The van der Waals surface area contributed by atoms with Gasteiger partial charge in [0.2, 0.25) is 10.0 Å². The molecule has 10 heteroatoms. The number of sulfonamides is 1. The van der Waals surface area contributed by atoms with Crippen LogP contribution in [0.4, 0.5) is 5.69 Å². The van der Waals surface area contributed by atoms with Gasteiger partial charge in [-0.15, -0.1) is 0 Å². The zero-order valence-electron chi connectivity index (χ0n) is 12.2. The maximum atomic E-state index is 11.9. The molecule has 126 valence electrons. The summed E-state index contributed by atoms with van der Waals surface area (Å²) in [5.74, 6) is -0.726. The topological polar surface area (TPSA) is 134 Å². The number of nitrogens with one attached hydrogen (secondary N) is 3. The van der Waals surface area contributed by atoms with E-state index in [1.54, 1.807) is 12.1 Å². The van der Waals surface area contributed by atoms with Gasteiger partial charge in [-0.2, -0.15) is 0 Å². The highest BCUT2D eigenvalue weighted by molar-refractivity contribution is 7.89. The highest BCUT2D eigenvalue weighted by Gasteiger charge is 2.10. The number of benzene rings is 2. The van der Waals surface area contributed by atoms with Gasteiger partial charge in [-0.3, -0.25) is 15.6 Å². The summed E-state index contributed by atoms with van der Waals surface area (Å²) in [4.78, 5) is 11.8. The number of para-hydroxylation sites is 1. The van der Waals surface area contributed by atoms with Crippen molar-refractivity contribution in [1.29, 1.82) is 0 Å². The van der Waals surface area contributed by atoms with Gasteiger partial charge in [0.15, 0.2) is 5.11 Å². The Balaban J connectivity index is 1.92. The number of carbonyl (C=O) groups excluding carboxylic acids is 1. The van der Waals surface area contributed by atoms with Gasteiger partial charge < -0.3 is 10.4 Å². The van der Waals surface area contributed by atoms with Gasteiger partial charge in [0.25, 0.3) is 5.91 Å². The number of carbonyl (C=O) groups is 1. The van der Waals surface area contributed by atoms with Crippen molar-refractivity contribution in [2.45, 2.75) is 4.90 Å². The van der Waals surface area contributed by atoms with Crippen LogP contribution >= 0.6 is 12.2 Å². The molecule has 2 rings (SSSR count). The van der Waals surface area contributed by atoms with Crippen LogP contribution in [0.2, 0.25) is 0 Å². The lowest BCUT2D eigenvalue weighted by Crippen LogP contribution is -2.43. The number of phenolic OH excluding ortho intramolecular Hbond substituents is 1. The van der Waals surface area contributed by atoms with Crippen LogP contribution in [-0.2, 0) is 10.0 Å². The Morgan fingerprint density at radius 1 is 1.04 bits per heavy atom. The first-order chi connectivity index (χ1) is 11.3. The van der Waals surface area contributed by atoms with Crippen LogP contribution in [-0.4, -0.2) is 24.5 Å². The molecule has 0 spiro atoms. The van der Waals surface area contributed by atoms with E-state index in [0.717, 1.165) is 0 Å². The molecule has 0 fully saturated rings. The highest BCUT2D eigenvalue weighted by Crippen LogP contribution is 2.15. The average Bonchev–Trinajstić information content (AvgIpc) is 2.53. The summed E-state index contributed by atoms with van der Waals surface area (Å²) in [6, 6.07) is 11.6. The number of anilines is 1. The summed E-state index contributed by atoms with van der Waals surface area (Å²) in [6.07, 6.45) is 0. The zero-order valence-corrected chi connectivity index (χ0v) is 13.8. The fourth-order valence-corrected chi connectivity index (χ4v) is 2.42. The number of primary sulfonamides is 1. The third-order valence-electron chi connectivity index (χ3n) is 2.88. The minimum atomic E-state index is -3.76. The van der Waals surface area contributed by atoms with E-state index in [1.807, 2.05) is 0 Å². The molecular formula is C14H14N4O4S2. The molecule has 6 N–H and O–H groups in total. The molecule has 1 amide bonds. The molecule has 0 saturated carbocycles. The van der Waals surface area contributed by atoms with Crippen LogP contribution in [0, 0.1) is 0 Å². The van der Waals surface area contributed by atoms with E-state index < -0.39 is 15.9 Å². The molecule has 0 aliphatic rings. The fourth-order valence-electron chi connectivity index (χ4n) is 1.74. The third-order valence-corrected chi connectivity index (χ3v) is 4.01. The van der Waals surface area contributed by atoms with Gasteiger partial charge in [-0.05, 0) is 48.6 Å². The molecule has 0 aliphatic heterocycles. The predicted octanol–water partition coefficient (Wildman–Crippen LogP) is 0.671. The van der Waals surface area contributed by atoms with Crippen molar-refractivity contribution < 1.29 is 18.3 Å². The van der Waals surface area contributed by atoms with Gasteiger partial charge in [-0.25, -0.2) is 13.6 Å². The fraction of sp³-hybridized carbons (Fsp3) is 0. The molecule has 8 nitrogen and oxygen atoms in total. The highest BCUT2D eigenvalue weighted by atomic mass is 32.2. The molecule has 0 heterocycles. The quantitative estimate of drug-likeness (QED) is 0.398. The van der Waals surface area contributed by atoms with E-state index in [-0.39, 0.29) is 21.3 Å². The van der Waals surface area contributed by atoms with E-state index in [4.69, 9.17) is 17.4 Å². The smallest absolute Gasteiger partial charge is 0.273 e. The molecule has 0 bridgehead atoms. The molecule has 0 saturated heterocycles. The second kappa shape index (κ2) is 7.25. The Labute approximate surface area is 143 Å². The van der Waals surface area contributed by atoms with Crippen LogP contribution in [0.3, 0.4) is 0 Å². The molecule has 0 aliphatic carbocycles. The number of phenols is 1. The van der Waals surface area contributed by atoms with E-state index >= 15 is 0 Å². The second-order valence-electron chi connectivity index (χ2n) is 4.62. The number of hydrogen-bond donors (Lipinski definition) is 5. The first kappa shape index (κ1) is 17.7. The summed E-state index contributed by atoms with van der Waals surface area (Å²) in [5.41, 5.74) is 5.38. The molecule has 2 aromatic carbocycles. The molecule has 2 aromatic rings. The van der Waals surface area contributed by atoms with Gasteiger partial charge in [0.05, 0.1) is 10.5 Å². The van der Waals surface area contributed by atoms with Crippen molar-refractivity contribution in [3.63, 3.8) is 0 Å². The monoisotopic (exact) mass is 366 g/mol. The molecule has 0 atom stereocenters. The Kier molecular flexibility index (Phi) is 5.34. The average molecular weight is 366 g/mol. The Bertz CT molecular complexity index is 867. The van der Waals surface area contributed by atoms with Crippen LogP contribution in [0.1, 0.15) is 10.4 Å². The number of amides is 1. The molecule has 0 radical (unpaired) electrons. The molecule has 24 heavy (non-hydrogen) atoms. The standard InChI is InChI=1S/C14H14N4O4S2/c15-24(21,22)10-7-5-9(6-8-10)16-14(23)18-17-13(20)11-3-1-2-4-12(11)19/h1-8,19H,(H,17,20)(H2,15,21,22)(H2,16,18,23). The molecular weight excluding hydrogens is 352 g/mol. The normalized spacial score (nSPS) is 10.7. The van der Waals surface area contributed by atoms with Crippen LogP contribution in [0.25, 0.3) is 0 Å². The summed E-state index contributed by atoms with van der Waals surface area (Å²) in [7, 11) is -3.76. The second-order valence-corrected chi connectivity index (χ2v) is 6.59. The van der Waals surface area contributed by atoms with Crippen LogP contribution in [0.15, 0.2) is 53.4 Å². The number of hydrogen-bond acceptors (Lipinski definition) is 5. The number of thiocarbonyl (C=S) groups is 1. The van der Waals surface area contributed by atoms with E-state index in [1.165, 1.54) is 36.4 Å². The predicted molar refractivity (Wildman–Crippen MR) is 92.7 cm³/mol. The van der Waals surface area contributed by atoms with Gasteiger partial charge in [0, 0.05) is 5.69 Å². The lowest BCUT2D eigenvalue weighted by Gasteiger charge is -2.12. The van der Waals surface area contributed by atoms with Crippen molar-refractivity contribution in [1.82, 2.24) is 10.9 Å². The van der Waals surface area contributed by atoms with Gasteiger partial charge in [0.1, 0.15) is 5.75 Å². The van der Waals surface area contributed by atoms with Crippen molar-refractivity contribution in [2.75, 3.05) is 5.32 Å². The summed E-state index contributed by atoms with van der Waals surface area (Å²) in [5, 5.41) is 17.4. The third kappa shape index (κ3) is 4.65. The van der Waals surface area contributed by atoms with Gasteiger partial charge >= 0.3 is 0 Å². The Morgan fingerprint density at radius 3 is 2.25 bits per heavy atom. The Morgan fingerprint density at radius 2 is 1.67 bits per heavy atom.